The zero-order chi connectivity index (χ0) is 16.1. The monoisotopic (exact) mass is 314 g/mol. The maximum absolute atomic E-state index is 11.0. The van der Waals surface area contributed by atoms with Crippen LogP contribution in [0, 0.1) is 0 Å². The molecule has 1 fully saturated rings. The Morgan fingerprint density at radius 2 is 2.00 bits per heavy atom. The van der Waals surface area contributed by atoms with Crippen LogP contribution in [0.2, 0.25) is 0 Å². The Bertz CT molecular complexity index is 641. The molecule has 8 heteroatoms. The smallest absolute Gasteiger partial charge is 0.269 e. The Balaban J connectivity index is 1.48. The molecule has 1 aliphatic rings. The number of amides is 1. The summed E-state index contributed by atoms with van der Waals surface area (Å²) in [7, 11) is 0. The topological polar surface area (TPSA) is 116 Å². The molecule has 2 aromatic rings. The lowest BCUT2D eigenvalue weighted by Gasteiger charge is -2.29. The second-order valence-electron chi connectivity index (χ2n) is 5.45. The number of nitrogens with one attached hydrogen (secondary N) is 1. The molecule has 0 aromatic carbocycles. The predicted octanol–water partition coefficient (Wildman–Crippen LogP) is 1.17. The maximum Gasteiger partial charge on any atom is 0.269 e. The maximum atomic E-state index is 11.0. The average molecular weight is 314 g/mol. The Morgan fingerprint density at radius 1 is 1.17 bits per heavy atom. The van der Waals surface area contributed by atoms with Gasteiger partial charge in [0.25, 0.3) is 5.91 Å². The van der Waals surface area contributed by atoms with Crippen molar-refractivity contribution < 1.29 is 9.53 Å². The third-order valence-corrected chi connectivity index (χ3v) is 3.77. The number of hydrogen-bond donors (Lipinski definition) is 2. The molecule has 0 aliphatic heterocycles. The SMILES string of the molecule is NC(=O)c1ccc(NC2CCC(Oc3cnccn3)CC2)nn1. The molecule has 0 unspecified atom stereocenters. The van der Waals surface area contributed by atoms with Crippen molar-refractivity contribution in [1.29, 1.82) is 0 Å². The minimum Gasteiger partial charge on any atom is -0.473 e. The van der Waals surface area contributed by atoms with Gasteiger partial charge in [-0.15, -0.1) is 10.2 Å². The molecule has 2 aromatic heterocycles. The fourth-order valence-corrected chi connectivity index (χ4v) is 2.59. The van der Waals surface area contributed by atoms with Gasteiger partial charge in [-0.3, -0.25) is 9.78 Å². The molecule has 0 radical (unpaired) electrons. The summed E-state index contributed by atoms with van der Waals surface area (Å²) in [5.74, 6) is 0.635. The Hall–Kier alpha value is -2.77. The van der Waals surface area contributed by atoms with Gasteiger partial charge < -0.3 is 15.8 Å². The number of aromatic nitrogens is 4. The van der Waals surface area contributed by atoms with Crippen molar-refractivity contribution in [3.05, 3.63) is 36.4 Å². The van der Waals surface area contributed by atoms with Crippen molar-refractivity contribution in [2.24, 2.45) is 5.73 Å². The lowest BCUT2D eigenvalue weighted by atomic mass is 9.93. The van der Waals surface area contributed by atoms with E-state index in [-0.39, 0.29) is 11.8 Å². The molecule has 2 heterocycles. The molecule has 3 N–H and O–H groups in total. The van der Waals surface area contributed by atoms with E-state index in [1.807, 2.05) is 0 Å². The van der Waals surface area contributed by atoms with Crippen LogP contribution in [0.4, 0.5) is 5.82 Å². The molecule has 23 heavy (non-hydrogen) atoms. The number of rotatable bonds is 5. The molecule has 0 spiro atoms. The first kappa shape index (κ1) is 15.1. The summed E-state index contributed by atoms with van der Waals surface area (Å²) in [5.41, 5.74) is 5.30. The van der Waals surface area contributed by atoms with Gasteiger partial charge in [0.1, 0.15) is 11.9 Å². The first-order chi connectivity index (χ1) is 11.2. The number of hydrogen-bond acceptors (Lipinski definition) is 7. The van der Waals surface area contributed by atoms with Gasteiger partial charge in [-0.2, -0.15) is 0 Å². The summed E-state index contributed by atoms with van der Waals surface area (Å²) in [6.07, 6.45) is 8.82. The van der Waals surface area contributed by atoms with Gasteiger partial charge in [-0.25, -0.2) is 4.98 Å². The summed E-state index contributed by atoms with van der Waals surface area (Å²) in [6, 6.07) is 3.60. The second kappa shape index (κ2) is 6.99. The molecule has 8 nitrogen and oxygen atoms in total. The summed E-state index contributed by atoms with van der Waals surface area (Å²) < 4.78 is 5.82. The fraction of sp³-hybridized carbons (Fsp3) is 0.400. The molecule has 1 saturated carbocycles. The van der Waals surface area contributed by atoms with Crippen molar-refractivity contribution in [2.45, 2.75) is 37.8 Å². The van der Waals surface area contributed by atoms with E-state index in [2.05, 4.69) is 25.5 Å². The quantitative estimate of drug-likeness (QED) is 0.850. The van der Waals surface area contributed by atoms with Crippen LogP contribution in [0.15, 0.2) is 30.7 Å². The van der Waals surface area contributed by atoms with Crippen molar-refractivity contribution in [1.82, 2.24) is 20.2 Å². The van der Waals surface area contributed by atoms with E-state index in [4.69, 9.17) is 10.5 Å². The van der Waals surface area contributed by atoms with Crippen LogP contribution in [0.5, 0.6) is 5.88 Å². The zero-order valence-corrected chi connectivity index (χ0v) is 12.6. The van der Waals surface area contributed by atoms with Crippen LogP contribution >= 0.6 is 0 Å². The Labute approximate surface area is 133 Å². The van der Waals surface area contributed by atoms with Gasteiger partial charge in [0, 0.05) is 18.4 Å². The van der Waals surface area contributed by atoms with Gasteiger partial charge in [0.05, 0.1) is 6.20 Å². The van der Waals surface area contributed by atoms with Crippen molar-refractivity contribution in [3.63, 3.8) is 0 Å². The number of anilines is 1. The minimum absolute atomic E-state index is 0.160. The van der Waals surface area contributed by atoms with E-state index in [0.717, 1.165) is 25.7 Å². The van der Waals surface area contributed by atoms with Crippen LogP contribution in [0.1, 0.15) is 36.2 Å². The molecule has 0 bridgehead atoms. The zero-order valence-electron chi connectivity index (χ0n) is 12.6. The van der Waals surface area contributed by atoms with Gasteiger partial charge in [0.15, 0.2) is 5.69 Å². The van der Waals surface area contributed by atoms with E-state index >= 15 is 0 Å². The summed E-state index contributed by atoms with van der Waals surface area (Å²) >= 11 is 0. The molecular weight excluding hydrogens is 296 g/mol. The minimum atomic E-state index is -0.578. The van der Waals surface area contributed by atoms with Gasteiger partial charge in [-0.1, -0.05) is 0 Å². The lowest BCUT2D eigenvalue weighted by molar-refractivity contribution is 0.0994. The Kier molecular flexibility index (Phi) is 4.60. The van der Waals surface area contributed by atoms with E-state index in [0.29, 0.717) is 17.7 Å². The molecule has 0 saturated heterocycles. The highest BCUT2D eigenvalue weighted by molar-refractivity contribution is 5.90. The average Bonchev–Trinajstić information content (AvgIpc) is 2.58. The van der Waals surface area contributed by atoms with Crippen LogP contribution < -0.4 is 15.8 Å². The number of carbonyl (C=O) groups excluding carboxylic acids is 1. The first-order valence-corrected chi connectivity index (χ1v) is 7.53. The standard InChI is InChI=1S/C15H18N6O2/c16-15(22)12-5-6-13(21-20-12)19-10-1-3-11(4-2-10)23-14-9-17-7-8-18-14/h5-11H,1-4H2,(H2,16,22)(H,19,21). The molecule has 0 atom stereocenters. The van der Waals surface area contributed by atoms with Crippen molar-refractivity contribution in [3.8, 4) is 5.88 Å². The summed E-state index contributed by atoms with van der Waals surface area (Å²) in [6.45, 7) is 0. The molecule has 1 amide bonds. The third-order valence-electron chi connectivity index (χ3n) is 3.77. The molecule has 1 aliphatic carbocycles. The first-order valence-electron chi connectivity index (χ1n) is 7.53. The van der Waals surface area contributed by atoms with Gasteiger partial charge >= 0.3 is 0 Å². The normalized spacial score (nSPS) is 20.7. The number of primary amides is 1. The largest absolute Gasteiger partial charge is 0.473 e. The molecule has 3 rings (SSSR count). The van der Waals surface area contributed by atoms with Crippen LogP contribution in [0.25, 0.3) is 0 Å². The Morgan fingerprint density at radius 3 is 2.61 bits per heavy atom. The second-order valence-corrected chi connectivity index (χ2v) is 5.45. The lowest BCUT2D eigenvalue weighted by Crippen LogP contribution is -2.31. The number of ether oxygens (including phenoxy) is 1. The van der Waals surface area contributed by atoms with Gasteiger partial charge in [0.2, 0.25) is 5.88 Å². The highest BCUT2D eigenvalue weighted by Gasteiger charge is 2.23. The number of nitrogens with zero attached hydrogens (tertiary/aromatic N) is 4. The van der Waals surface area contributed by atoms with Crippen molar-refractivity contribution in [2.75, 3.05) is 5.32 Å². The van der Waals surface area contributed by atoms with E-state index in [9.17, 15) is 4.79 Å². The molecule has 120 valence electrons. The number of nitrogens with two attached hydrogens (primary N) is 1. The van der Waals surface area contributed by atoms with Crippen LogP contribution in [-0.4, -0.2) is 38.2 Å². The van der Waals surface area contributed by atoms with E-state index < -0.39 is 5.91 Å². The molecular formula is C15H18N6O2. The fourth-order valence-electron chi connectivity index (χ4n) is 2.59. The number of carbonyl (C=O) groups is 1. The van der Waals surface area contributed by atoms with E-state index in [1.54, 1.807) is 30.7 Å². The summed E-state index contributed by atoms with van der Waals surface area (Å²) in [4.78, 5) is 19.1. The van der Waals surface area contributed by atoms with E-state index in [1.165, 1.54) is 0 Å². The highest BCUT2D eigenvalue weighted by Crippen LogP contribution is 2.24. The van der Waals surface area contributed by atoms with Gasteiger partial charge in [-0.05, 0) is 37.8 Å². The third kappa shape index (κ3) is 4.12. The highest BCUT2D eigenvalue weighted by atomic mass is 16.5. The van der Waals surface area contributed by atoms with Crippen molar-refractivity contribution >= 4 is 11.7 Å². The summed E-state index contributed by atoms with van der Waals surface area (Å²) in [5, 5.41) is 11.1. The van der Waals surface area contributed by atoms with Crippen LogP contribution in [0.3, 0.4) is 0 Å². The van der Waals surface area contributed by atoms with Crippen LogP contribution in [-0.2, 0) is 0 Å². The predicted molar refractivity (Wildman–Crippen MR) is 82.9 cm³/mol.